The van der Waals surface area contributed by atoms with E-state index >= 15 is 0 Å². The molecule has 1 heterocycles. The maximum Gasteiger partial charge on any atom is 0.273 e. The number of piperidine rings is 1. The van der Waals surface area contributed by atoms with E-state index < -0.39 is 4.92 Å². The Labute approximate surface area is 147 Å². The van der Waals surface area contributed by atoms with Gasteiger partial charge in [0.25, 0.3) is 5.69 Å². The number of nitro benzene ring substituents is 1. The van der Waals surface area contributed by atoms with Crippen LogP contribution in [0.25, 0.3) is 0 Å². The standard InChI is InChI=1S/C16H23N3O4.ClH/c1-23-12-16(6-8-17-9-7-16)11-18-15(20)10-13-4-2-3-5-14(13)19(21)22;/h2-5,17H,6-12H2,1H3,(H,18,20);1H. The summed E-state index contributed by atoms with van der Waals surface area (Å²) in [6.07, 6.45) is 1.89. The van der Waals surface area contributed by atoms with E-state index in [2.05, 4.69) is 10.6 Å². The number of hydrogen-bond donors (Lipinski definition) is 2. The van der Waals surface area contributed by atoms with E-state index in [4.69, 9.17) is 4.74 Å². The molecule has 1 saturated heterocycles. The van der Waals surface area contributed by atoms with Gasteiger partial charge in [-0.25, -0.2) is 0 Å². The molecule has 134 valence electrons. The van der Waals surface area contributed by atoms with Gasteiger partial charge in [0.05, 0.1) is 18.0 Å². The first-order valence-corrected chi connectivity index (χ1v) is 7.75. The predicted octanol–water partition coefficient (Wildman–Crippen LogP) is 1.69. The quantitative estimate of drug-likeness (QED) is 0.572. The molecule has 2 N–H and O–H groups in total. The second kappa shape index (κ2) is 9.56. The number of halogens is 1. The fraction of sp³-hybridized carbons (Fsp3) is 0.562. The first kappa shape index (κ1) is 20.3. The molecule has 0 aromatic heterocycles. The lowest BCUT2D eigenvalue weighted by Gasteiger charge is -2.37. The number of para-hydroxylation sites is 1. The molecule has 1 aliphatic rings. The number of ether oxygens (including phenoxy) is 1. The topological polar surface area (TPSA) is 93.5 Å². The minimum Gasteiger partial charge on any atom is -0.384 e. The summed E-state index contributed by atoms with van der Waals surface area (Å²) in [6.45, 7) is 2.94. The van der Waals surface area contributed by atoms with Crippen molar-refractivity contribution in [3.8, 4) is 0 Å². The van der Waals surface area contributed by atoms with Crippen LogP contribution in [0.5, 0.6) is 0 Å². The zero-order valence-corrected chi connectivity index (χ0v) is 14.6. The Morgan fingerprint density at radius 2 is 2.04 bits per heavy atom. The summed E-state index contributed by atoms with van der Waals surface area (Å²) >= 11 is 0. The van der Waals surface area contributed by atoms with E-state index in [0.29, 0.717) is 18.7 Å². The first-order valence-electron chi connectivity index (χ1n) is 7.75. The van der Waals surface area contributed by atoms with Gasteiger partial charge in [-0.15, -0.1) is 12.4 Å². The molecule has 8 heteroatoms. The molecule has 1 aromatic rings. The van der Waals surface area contributed by atoms with Gasteiger partial charge < -0.3 is 15.4 Å². The van der Waals surface area contributed by atoms with Crippen LogP contribution in [0.1, 0.15) is 18.4 Å². The van der Waals surface area contributed by atoms with Crippen molar-refractivity contribution in [2.75, 3.05) is 33.4 Å². The molecule has 24 heavy (non-hydrogen) atoms. The van der Waals surface area contributed by atoms with E-state index in [1.165, 1.54) is 6.07 Å². The maximum absolute atomic E-state index is 12.2. The van der Waals surface area contributed by atoms with Crippen molar-refractivity contribution in [3.05, 3.63) is 39.9 Å². The highest BCUT2D eigenvalue weighted by Gasteiger charge is 2.32. The number of carbonyl (C=O) groups excluding carboxylic acids is 1. The summed E-state index contributed by atoms with van der Waals surface area (Å²) in [5.74, 6) is -0.201. The number of nitrogens with one attached hydrogen (secondary N) is 2. The molecule has 2 rings (SSSR count). The zero-order valence-electron chi connectivity index (χ0n) is 13.7. The number of rotatable bonds is 7. The Morgan fingerprint density at radius 3 is 2.67 bits per heavy atom. The fourth-order valence-corrected chi connectivity index (χ4v) is 3.00. The summed E-state index contributed by atoms with van der Waals surface area (Å²) in [6, 6.07) is 6.34. The summed E-state index contributed by atoms with van der Waals surface area (Å²) < 4.78 is 5.32. The van der Waals surface area contributed by atoms with Gasteiger partial charge in [0.1, 0.15) is 0 Å². The number of hydrogen-bond acceptors (Lipinski definition) is 5. The molecule has 1 aromatic carbocycles. The number of amides is 1. The first-order chi connectivity index (χ1) is 11.1. The zero-order chi connectivity index (χ0) is 16.7. The molecule has 0 radical (unpaired) electrons. The molecule has 0 aliphatic carbocycles. The summed E-state index contributed by atoms with van der Waals surface area (Å²) in [4.78, 5) is 22.7. The average molecular weight is 358 g/mol. The molecule has 0 atom stereocenters. The van der Waals surface area contributed by atoms with Gasteiger partial charge in [-0.2, -0.15) is 0 Å². The summed E-state index contributed by atoms with van der Waals surface area (Å²) in [5.41, 5.74) is 0.357. The fourth-order valence-electron chi connectivity index (χ4n) is 3.00. The van der Waals surface area contributed by atoms with Gasteiger partial charge in [0.15, 0.2) is 0 Å². The molecule has 1 aliphatic heterocycles. The van der Waals surface area contributed by atoms with Gasteiger partial charge in [0, 0.05) is 30.7 Å². The number of carbonyl (C=O) groups is 1. The SMILES string of the molecule is COCC1(CNC(=O)Cc2ccccc2[N+](=O)[O-])CCNCC1.Cl. The van der Waals surface area contributed by atoms with E-state index in [1.54, 1.807) is 25.3 Å². The highest BCUT2D eigenvalue weighted by Crippen LogP contribution is 2.28. The van der Waals surface area contributed by atoms with Crippen LogP contribution in [0, 0.1) is 15.5 Å². The van der Waals surface area contributed by atoms with Crippen LogP contribution in [0.3, 0.4) is 0 Å². The van der Waals surface area contributed by atoms with Crippen LogP contribution >= 0.6 is 12.4 Å². The van der Waals surface area contributed by atoms with Gasteiger partial charge in [-0.1, -0.05) is 18.2 Å². The van der Waals surface area contributed by atoms with Gasteiger partial charge >= 0.3 is 0 Å². The highest BCUT2D eigenvalue weighted by molar-refractivity contribution is 5.85. The molecule has 0 bridgehead atoms. The predicted molar refractivity (Wildman–Crippen MR) is 93.5 cm³/mol. The van der Waals surface area contributed by atoms with Crippen molar-refractivity contribution in [2.24, 2.45) is 5.41 Å². The smallest absolute Gasteiger partial charge is 0.273 e. The lowest BCUT2D eigenvalue weighted by molar-refractivity contribution is -0.385. The Balaban J connectivity index is 0.00000288. The summed E-state index contributed by atoms with van der Waals surface area (Å²) in [7, 11) is 1.67. The Kier molecular flexibility index (Phi) is 8.10. The third-order valence-electron chi connectivity index (χ3n) is 4.31. The second-order valence-corrected chi connectivity index (χ2v) is 6.02. The lowest BCUT2D eigenvalue weighted by atomic mass is 9.79. The van der Waals surface area contributed by atoms with Crippen molar-refractivity contribution < 1.29 is 14.5 Å². The van der Waals surface area contributed by atoms with Crippen LogP contribution in [0.15, 0.2) is 24.3 Å². The highest BCUT2D eigenvalue weighted by atomic mass is 35.5. The Hall–Kier alpha value is -1.70. The Morgan fingerprint density at radius 1 is 1.38 bits per heavy atom. The van der Waals surface area contributed by atoms with Crippen molar-refractivity contribution >= 4 is 24.0 Å². The van der Waals surface area contributed by atoms with Gasteiger partial charge in [0.2, 0.25) is 5.91 Å². The molecule has 7 nitrogen and oxygen atoms in total. The van der Waals surface area contributed by atoms with Crippen LogP contribution in [0.2, 0.25) is 0 Å². The minimum atomic E-state index is -0.457. The third-order valence-corrected chi connectivity index (χ3v) is 4.31. The number of benzene rings is 1. The maximum atomic E-state index is 12.2. The van der Waals surface area contributed by atoms with E-state index in [0.717, 1.165) is 25.9 Å². The van der Waals surface area contributed by atoms with Crippen LogP contribution in [0.4, 0.5) is 5.69 Å². The molecular formula is C16H24ClN3O4. The van der Waals surface area contributed by atoms with E-state index in [9.17, 15) is 14.9 Å². The van der Waals surface area contributed by atoms with Gasteiger partial charge in [-0.3, -0.25) is 14.9 Å². The third kappa shape index (κ3) is 5.43. The minimum absolute atomic E-state index is 0. The lowest BCUT2D eigenvalue weighted by Crippen LogP contribution is -2.47. The van der Waals surface area contributed by atoms with Crippen molar-refractivity contribution in [1.82, 2.24) is 10.6 Å². The summed E-state index contributed by atoms with van der Waals surface area (Å²) in [5, 5.41) is 17.2. The second-order valence-electron chi connectivity index (χ2n) is 6.02. The normalized spacial score (nSPS) is 16.0. The number of nitro groups is 1. The average Bonchev–Trinajstić information content (AvgIpc) is 2.55. The largest absolute Gasteiger partial charge is 0.384 e. The number of nitrogens with zero attached hydrogens (tertiary/aromatic N) is 1. The molecular weight excluding hydrogens is 334 g/mol. The molecule has 0 spiro atoms. The van der Waals surface area contributed by atoms with Crippen molar-refractivity contribution in [3.63, 3.8) is 0 Å². The van der Waals surface area contributed by atoms with Crippen LogP contribution < -0.4 is 10.6 Å². The monoisotopic (exact) mass is 357 g/mol. The van der Waals surface area contributed by atoms with Crippen molar-refractivity contribution in [1.29, 1.82) is 0 Å². The van der Waals surface area contributed by atoms with E-state index in [-0.39, 0.29) is 35.8 Å². The molecule has 1 fully saturated rings. The van der Waals surface area contributed by atoms with Crippen LogP contribution in [-0.2, 0) is 16.0 Å². The van der Waals surface area contributed by atoms with E-state index in [1.807, 2.05) is 0 Å². The molecule has 0 saturated carbocycles. The van der Waals surface area contributed by atoms with Crippen LogP contribution in [-0.4, -0.2) is 44.2 Å². The molecule has 0 unspecified atom stereocenters. The van der Waals surface area contributed by atoms with Gasteiger partial charge in [-0.05, 0) is 25.9 Å². The molecule has 1 amide bonds. The van der Waals surface area contributed by atoms with Crippen molar-refractivity contribution in [2.45, 2.75) is 19.3 Å². The number of methoxy groups -OCH3 is 1. The Bertz CT molecular complexity index is 556.